The number of hydrogen-bond donors (Lipinski definition) is 1. The van der Waals surface area contributed by atoms with Crippen LogP contribution in [0, 0.1) is 15.9 Å². The molecule has 0 aliphatic rings. The predicted octanol–water partition coefficient (Wildman–Crippen LogP) is 2.95. The molecule has 0 atom stereocenters. The van der Waals surface area contributed by atoms with Crippen LogP contribution in [0.15, 0.2) is 42.5 Å². The highest BCUT2D eigenvalue weighted by Crippen LogP contribution is 2.25. The van der Waals surface area contributed by atoms with Crippen LogP contribution in [0.3, 0.4) is 0 Å². The Morgan fingerprint density at radius 2 is 2.00 bits per heavy atom. The first-order valence-electron chi connectivity index (χ1n) is 5.97. The number of halogens is 1. The van der Waals surface area contributed by atoms with Crippen LogP contribution in [0.2, 0.25) is 0 Å². The summed E-state index contributed by atoms with van der Waals surface area (Å²) < 4.78 is 13.6. The molecule has 0 saturated heterocycles. The fourth-order valence-electron chi connectivity index (χ4n) is 1.97. The number of nitro benzene ring substituents is 1. The average molecular weight is 275 g/mol. The largest absolute Gasteiger partial charge is 0.393 e. The predicted molar refractivity (Wildman–Crippen MR) is 76.0 cm³/mol. The molecule has 2 aromatic carbocycles. The zero-order valence-electron chi connectivity index (χ0n) is 10.9. The molecule has 6 heteroatoms. The average Bonchev–Trinajstić information content (AvgIpc) is 2.41. The molecule has 0 unspecified atom stereocenters. The van der Waals surface area contributed by atoms with Gasteiger partial charge in [0.25, 0.3) is 5.69 Å². The van der Waals surface area contributed by atoms with Crippen LogP contribution in [0.4, 0.5) is 21.5 Å². The summed E-state index contributed by atoms with van der Waals surface area (Å²) in [5, 5.41) is 10.8. The normalized spacial score (nSPS) is 10.3. The van der Waals surface area contributed by atoms with E-state index in [0.717, 1.165) is 0 Å². The number of benzene rings is 2. The van der Waals surface area contributed by atoms with Crippen molar-refractivity contribution in [1.82, 2.24) is 0 Å². The van der Waals surface area contributed by atoms with Gasteiger partial charge in [0.2, 0.25) is 0 Å². The van der Waals surface area contributed by atoms with Gasteiger partial charge in [-0.25, -0.2) is 4.39 Å². The molecule has 0 fully saturated rings. The molecule has 0 heterocycles. The molecule has 20 heavy (non-hydrogen) atoms. The number of para-hydroxylation sites is 1. The fourth-order valence-corrected chi connectivity index (χ4v) is 1.97. The van der Waals surface area contributed by atoms with Crippen LogP contribution < -0.4 is 10.6 Å². The molecular weight excluding hydrogens is 261 g/mol. The molecule has 2 rings (SSSR count). The summed E-state index contributed by atoms with van der Waals surface area (Å²) in [6.07, 6.45) is 0. The van der Waals surface area contributed by atoms with Crippen LogP contribution in [-0.4, -0.2) is 12.0 Å². The van der Waals surface area contributed by atoms with E-state index < -0.39 is 4.92 Å². The zero-order valence-corrected chi connectivity index (χ0v) is 10.9. The van der Waals surface area contributed by atoms with Crippen molar-refractivity contribution in [2.75, 3.05) is 17.7 Å². The van der Waals surface area contributed by atoms with E-state index in [1.54, 1.807) is 36.2 Å². The van der Waals surface area contributed by atoms with E-state index in [9.17, 15) is 14.5 Å². The van der Waals surface area contributed by atoms with Crippen molar-refractivity contribution in [2.24, 2.45) is 0 Å². The van der Waals surface area contributed by atoms with Gasteiger partial charge in [-0.1, -0.05) is 18.2 Å². The Morgan fingerprint density at radius 3 is 2.65 bits per heavy atom. The monoisotopic (exact) mass is 275 g/mol. The molecule has 0 saturated carbocycles. The molecule has 0 aromatic heterocycles. The molecular formula is C14H14FN3O2. The van der Waals surface area contributed by atoms with Crippen LogP contribution in [0.25, 0.3) is 0 Å². The summed E-state index contributed by atoms with van der Waals surface area (Å²) >= 11 is 0. The van der Waals surface area contributed by atoms with E-state index in [-0.39, 0.29) is 17.2 Å². The summed E-state index contributed by atoms with van der Waals surface area (Å²) in [6.45, 7) is 0.349. The van der Waals surface area contributed by atoms with E-state index in [1.165, 1.54) is 18.2 Å². The maximum Gasteiger partial charge on any atom is 0.292 e. The van der Waals surface area contributed by atoms with Crippen LogP contribution in [0.5, 0.6) is 0 Å². The third-order valence-corrected chi connectivity index (χ3v) is 2.97. The first-order valence-corrected chi connectivity index (χ1v) is 5.97. The van der Waals surface area contributed by atoms with Crippen molar-refractivity contribution in [2.45, 2.75) is 6.54 Å². The Morgan fingerprint density at radius 1 is 1.30 bits per heavy atom. The third-order valence-electron chi connectivity index (χ3n) is 2.97. The highest BCUT2D eigenvalue weighted by Gasteiger charge is 2.13. The van der Waals surface area contributed by atoms with E-state index in [2.05, 4.69) is 0 Å². The molecule has 0 spiro atoms. The summed E-state index contributed by atoms with van der Waals surface area (Å²) in [5.41, 5.74) is 6.65. The van der Waals surface area contributed by atoms with Crippen LogP contribution >= 0.6 is 0 Å². The highest BCUT2D eigenvalue weighted by atomic mass is 19.1. The molecule has 0 amide bonds. The van der Waals surface area contributed by atoms with E-state index in [1.807, 2.05) is 0 Å². The summed E-state index contributed by atoms with van der Waals surface area (Å²) in [4.78, 5) is 12.0. The molecule has 5 nitrogen and oxygen atoms in total. The third kappa shape index (κ3) is 2.85. The smallest absolute Gasteiger partial charge is 0.292 e. The Hall–Kier alpha value is -2.63. The van der Waals surface area contributed by atoms with Gasteiger partial charge in [0.05, 0.1) is 10.6 Å². The van der Waals surface area contributed by atoms with E-state index >= 15 is 0 Å². The summed E-state index contributed by atoms with van der Waals surface area (Å²) in [6, 6.07) is 11.0. The lowest BCUT2D eigenvalue weighted by Gasteiger charge is -2.20. The van der Waals surface area contributed by atoms with Crippen molar-refractivity contribution in [3.8, 4) is 0 Å². The number of anilines is 2. The molecule has 2 N–H and O–H groups in total. The fraction of sp³-hybridized carbons (Fsp3) is 0.143. The quantitative estimate of drug-likeness (QED) is 0.529. The van der Waals surface area contributed by atoms with E-state index in [4.69, 9.17) is 5.73 Å². The van der Waals surface area contributed by atoms with Gasteiger partial charge in [0.15, 0.2) is 0 Å². The number of hydrogen-bond acceptors (Lipinski definition) is 4. The second-order valence-corrected chi connectivity index (χ2v) is 4.46. The molecule has 104 valence electrons. The SMILES string of the molecule is CN(Cc1ccc(N)c([N+](=O)[O-])c1)c1ccccc1F. The minimum Gasteiger partial charge on any atom is -0.393 e. The lowest BCUT2D eigenvalue weighted by Crippen LogP contribution is -2.17. The van der Waals surface area contributed by atoms with Crippen molar-refractivity contribution >= 4 is 17.1 Å². The number of nitrogen functional groups attached to an aromatic ring is 1. The Kier molecular flexibility index (Phi) is 3.84. The second kappa shape index (κ2) is 5.56. The summed E-state index contributed by atoms with van der Waals surface area (Å²) in [7, 11) is 1.72. The minimum absolute atomic E-state index is 0.118. The van der Waals surface area contributed by atoms with Gasteiger partial charge < -0.3 is 10.6 Å². The zero-order chi connectivity index (χ0) is 14.7. The summed E-state index contributed by atoms with van der Waals surface area (Å²) in [5.74, 6) is -0.333. The van der Waals surface area contributed by atoms with Crippen molar-refractivity contribution < 1.29 is 9.31 Å². The number of nitro groups is 1. The molecule has 0 aliphatic heterocycles. The van der Waals surface area contributed by atoms with Gasteiger partial charge in [0, 0.05) is 19.7 Å². The van der Waals surface area contributed by atoms with Gasteiger partial charge in [0.1, 0.15) is 11.5 Å². The number of rotatable bonds is 4. The first-order chi connectivity index (χ1) is 9.49. The number of nitrogens with two attached hydrogens (primary N) is 1. The lowest BCUT2D eigenvalue weighted by atomic mass is 10.1. The van der Waals surface area contributed by atoms with Gasteiger partial charge in [-0.15, -0.1) is 0 Å². The van der Waals surface area contributed by atoms with Gasteiger partial charge in [-0.2, -0.15) is 0 Å². The van der Waals surface area contributed by atoms with Crippen molar-refractivity contribution in [3.63, 3.8) is 0 Å². The Balaban J connectivity index is 2.24. The Bertz CT molecular complexity index is 646. The minimum atomic E-state index is -0.526. The van der Waals surface area contributed by atoms with Crippen molar-refractivity contribution in [1.29, 1.82) is 0 Å². The lowest BCUT2D eigenvalue weighted by molar-refractivity contribution is -0.384. The maximum absolute atomic E-state index is 13.6. The highest BCUT2D eigenvalue weighted by molar-refractivity contribution is 5.59. The molecule has 2 aromatic rings. The number of nitrogens with zero attached hydrogens (tertiary/aromatic N) is 2. The van der Waals surface area contributed by atoms with Gasteiger partial charge in [-0.05, 0) is 23.8 Å². The topological polar surface area (TPSA) is 72.4 Å². The van der Waals surface area contributed by atoms with Gasteiger partial charge in [-0.3, -0.25) is 10.1 Å². The first kappa shape index (κ1) is 13.8. The van der Waals surface area contributed by atoms with Crippen LogP contribution in [0.1, 0.15) is 5.56 Å². The standard InChI is InChI=1S/C14H14FN3O2/c1-17(13-5-3-2-4-11(13)15)9-10-6-7-12(16)14(8-10)18(19)20/h2-8H,9,16H2,1H3. The van der Waals surface area contributed by atoms with E-state index in [0.29, 0.717) is 17.8 Å². The van der Waals surface area contributed by atoms with Crippen molar-refractivity contribution in [3.05, 3.63) is 64.0 Å². The Labute approximate surface area is 115 Å². The van der Waals surface area contributed by atoms with Crippen LogP contribution in [-0.2, 0) is 6.54 Å². The molecule has 0 bridgehead atoms. The van der Waals surface area contributed by atoms with Gasteiger partial charge >= 0.3 is 0 Å². The second-order valence-electron chi connectivity index (χ2n) is 4.46. The molecule has 0 radical (unpaired) electrons. The maximum atomic E-state index is 13.6. The molecule has 0 aliphatic carbocycles.